The van der Waals surface area contributed by atoms with Crippen LogP contribution in [0.25, 0.3) is 11.0 Å². The summed E-state index contributed by atoms with van der Waals surface area (Å²) in [4.78, 5) is 35.7. The Morgan fingerprint density at radius 2 is 1.88 bits per heavy atom. The van der Waals surface area contributed by atoms with Crippen LogP contribution in [0.3, 0.4) is 0 Å². The Bertz CT molecular complexity index is 1170. The van der Waals surface area contributed by atoms with Gasteiger partial charge >= 0.3 is 0 Å². The molecule has 166 valence electrons. The van der Waals surface area contributed by atoms with E-state index in [9.17, 15) is 14.4 Å². The molecule has 0 bridgehead atoms. The molecule has 0 atom stereocenters. The van der Waals surface area contributed by atoms with Crippen molar-refractivity contribution in [2.45, 2.75) is 32.1 Å². The number of hydrogen-bond acceptors (Lipinski definition) is 5. The van der Waals surface area contributed by atoms with Crippen LogP contribution in [0.4, 0.5) is 5.69 Å². The summed E-state index contributed by atoms with van der Waals surface area (Å²) in [6.07, 6.45) is 4.27. The summed E-state index contributed by atoms with van der Waals surface area (Å²) >= 11 is 0. The van der Waals surface area contributed by atoms with E-state index >= 15 is 0 Å². The van der Waals surface area contributed by atoms with Crippen LogP contribution >= 0.6 is 0 Å². The number of nitrogens with one attached hydrogen (secondary N) is 2. The zero-order chi connectivity index (χ0) is 22.5. The minimum atomic E-state index is -0.502. The van der Waals surface area contributed by atoms with Crippen LogP contribution in [0.5, 0.6) is 5.75 Å². The summed E-state index contributed by atoms with van der Waals surface area (Å²) in [7, 11) is 0. The normalized spacial score (nSPS) is 12.8. The third-order valence-corrected chi connectivity index (χ3v) is 5.40. The average molecular weight is 435 g/mol. The molecule has 0 saturated carbocycles. The molecule has 1 aromatic heterocycles. The number of para-hydroxylation sites is 1. The Hall–Kier alpha value is -3.81. The summed E-state index contributed by atoms with van der Waals surface area (Å²) in [5.41, 5.74) is 7.80. The Morgan fingerprint density at radius 1 is 1.06 bits per heavy atom. The van der Waals surface area contributed by atoms with Gasteiger partial charge in [-0.05, 0) is 49.6 Å². The lowest BCUT2D eigenvalue weighted by molar-refractivity contribution is -0.118. The standard InChI is InChI=1S/C24H25N3O5/c25-22(28)11-12-26-24(30)17-6-1-3-7-19(17)27-23(29)14-31-15-9-10-21-18(13-15)16-5-2-4-8-20(16)32-21/h1,3,6-7,9-10,13H,2,4-5,8,11-12,14H2,(H2,25,28)(H,26,30)(H,27,29). The largest absolute Gasteiger partial charge is 0.484 e. The van der Waals surface area contributed by atoms with Crippen molar-refractivity contribution in [2.75, 3.05) is 18.5 Å². The number of rotatable bonds is 8. The maximum atomic E-state index is 12.5. The highest BCUT2D eigenvalue weighted by Gasteiger charge is 2.18. The minimum Gasteiger partial charge on any atom is -0.484 e. The summed E-state index contributed by atoms with van der Waals surface area (Å²) in [6, 6.07) is 12.2. The molecule has 8 heteroatoms. The topological polar surface area (TPSA) is 124 Å². The van der Waals surface area contributed by atoms with Crippen molar-refractivity contribution in [1.29, 1.82) is 0 Å². The van der Waals surface area contributed by atoms with Crippen molar-refractivity contribution >= 4 is 34.4 Å². The van der Waals surface area contributed by atoms with E-state index in [4.69, 9.17) is 14.9 Å². The van der Waals surface area contributed by atoms with Crippen LogP contribution in [0.2, 0.25) is 0 Å². The fraction of sp³-hybridized carbons (Fsp3) is 0.292. The molecule has 1 aliphatic carbocycles. The number of amides is 3. The van der Waals surface area contributed by atoms with Crippen molar-refractivity contribution in [3.05, 3.63) is 59.4 Å². The molecule has 3 aromatic rings. The first-order valence-electron chi connectivity index (χ1n) is 10.6. The molecule has 4 rings (SSSR count). The Labute approximate surface area is 185 Å². The van der Waals surface area contributed by atoms with Gasteiger partial charge in [0.05, 0.1) is 11.3 Å². The average Bonchev–Trinajstić information content (AvgIpc) is 3.16. The molecule has 3 amide bonds. The van der Waals surface area contributed by atoms with Gasteiger partial charge in [0.25, 0.3) is 11.8 Å². The summed E-state index contributed by atoms with van der Waals surface area (Å²) in [6.45, 7) is -0.0804. The molecule has 0 spiro atoms. The van der Waals surface area contributed by atoms with Crippen LogP contribution < -0.4 is 21.1 Å². The highest BCUT2D eigenvalue weighted by atomic mass is 16.5. The number of nitrogens with two attached hydrogens (primary N) is 1. The highest BCUT2D eigenvalue weighted by Crippen LogP contribution is 2.33. The lowest BCUT2D eigenvalue weighted by Crippen LogP contribution is -2.29. The second kappa shape index (κ2) is 9.55. The molecule has 2 aromatic carbocycles. The van der Waals surface area contributed by atoms with Gasteiger partial charge in [0.1, 0.15) is 17.1 Å². The van der Waals surface area contributed by atoms with E-state index in [0.29, 0.717) is 11.4 Å². The van der Waals surface area contributed by atoms with E-state index in [0.717, 1.165) is 42.4 Å². The van der Waals surface area contributed by atoms with Crippen molar-refractivity contribution in [1.82, 2.24) is 5.32 Å². The van der Waals surface area contributed by atoms with Crippen LogP contribution in [-0.2, 0) is 22.4 Å². The minimum absolute atomic E-state index is 0.0400. The Balaban J connectivity index is 1.38. The highest BCUT2D eigenvalue weighted by molar-refractivity contribution is 6.04. The van der Waals surface area contributed by atoms with Gasteiger partial charge in [-0.25, -0.2) is 0 Å². The van der Waals surface area contributed by atoms with Crippen LogP contribution in [0.15, 0.2) is 46.9 Å². The zero-order valence-corrected chi connectivity index (χ0v) is 17.6. The fourth-order valence-corrected chi connectivity index (χ4v) is 3.85. The van der Waals surface area contributed by atoms with Crippen LogP contribution in [-0.4, -0.2) is 30.9 Å². The third kappa shape index (κ3) is 4.91. The van der Waals surface area contributed by atoms with Crippen LogP contribution in [0.1, 0.15) is 40.9 Å². The quantitative estimate of drug-likeness (QED) is 0.502. The number of aryl methyl sites for hydroxylation is 2. The van der Waals surface area contributed by atoms with Gasteiger partial charge in [0, 0.05) is 30.3 Å². The number of benzene rings is 2. The number of hydrogen-bond donors (Lipinski definition) is 3. The van der Waals surface area contributed by atoms with Crippen molar-refractivity contribution in [2.24, 2.45) is 5.73 Å². The fourth-order valence-electron chi connectivity index (χ4n) is 3.85. The molecule has 32 heavy (non-hydrogen) atoms. The molecule has 8 nitrogen and oxygen atoms in total. The zero-order valence-electron chi connectivity index (χ0n) is 17.6. The smallest absolute Gasteiger partial charge is 0.262 e. The Kier molecular flexibility index (Phi) is 6.39. The predicted octanol–water partition coefficient (Wildman–Crippen LogP) is 2.93. The van der Waals surface area contributed by atoms with Crippen molar-refractivity contribution in [3.63, 3.8) is 0 Å². The predicted molar refractivity (Wildman–Crippen MR) is 120 cm³/mol. The first-order chi connectivity index (χ1) is 15.5. The van der Waals surface area contributed by atoms with E-state index in [1.165, 1.54) is 5.56 Å². The summed E-state index contributed by atoms with van der Waals surface area (Å²) in [5, 5.41) is 6.36. The third-order valence-electron chi connectivity index (χ3n) is 5.40. The van der Waals surface area contributed by atoms with E-state index < -0.39 is 17.7 Å². The molecule has 0 saturated heterocycles. The maximum Gasteiger partial charge on any atom is 0.262 e. The van der Waals surface area contributed by atoms with Gasteiger partial charge in [-0.2, -0.15) is 0 Å². The van der Waals surface area contributed by atoms with Crippen molar-refractivity contribution < 1.29 is 23.5 Å². The van der Waals surface area contributed by atoms with Gasteiger partial charge in [0.15, 0.2) is 6.61 Å². The number of furan rings is 1. The first kappa shape index (κ1) is 21.4. The number of carbonyl (C=O) groups excluding carboxylic acids is 3. The van der Waals surface area contributed by atoms with E-state index in [1.807, 2.05) is 12.1 Å². The summed E-state index contributed by atoms with van der Waals surface area (Å²) in [5.74, 6) is 0.333. The van der Waals surface area contributed by atoms with Gasteiger partial charge in [-0.3, -0.25) is 14.4 Å². The van der Waals surface area contributed by atoms with E-state index in [-0.39, 0.29) is 25.1 Å². The second-order valence-electron chi connectivity index (χ2n) is 7.72. The molecule has 0 unspecified atom stereocenters. The lowest BCUT2D eigenvalue weighted by Gasteiger charge is -2.12. The number of carbonyl (C=O) groups is 3. The second-order valence-corrected chi connectivity index (χ2v) is 7.72. The molecule has 0 radical (unpaired) electrons. The van der Waals surface area contributed by atoms with E-state index in [2.05, 4.69) is 10.6 Å². The van der Waals surface area contributed by atoms with E-state index in [1.54, 1.807) is 30.3 Å². The molecule has 1 aliphatic rings. The number of ether oxygens (including phenoxy) is 1. The molecular weight excluding hydrogens is 410 g/mol. The van der Waals surface area contributed by atoms with Gasteiger partial charge in [-0.1, -0.05) is 12.1 Å². The van der Waals surface area contributed by atoms with Gasteiger partial charge in [0.2, 0.25) is 5.91 Å². The van der Waals surface area contributed by atoms with Crippen LogP contribution in [0, 0.1) is 0 Å². The number of fused-ring (bicyclic) bond motifs is 3. The first-order valence-corrected chi connectivity index (χ1v) is 10.6. The molecule has 1 heterocycles. The lowest BCUT2D eigenvalue weighted by atomic mass is 9.96. The molecular formula is C24H25N3O5. The molecule has 0 fully saturated rings. The number of primary amides is 1. The molecule has 0 aliphatic heterocycles. The van der Waals surface area contributed by atoms with Crippen molar-refractivity contribution in [3.8, 4) is 5.75 Å². The molecule has 4 N–H and O–H groups in total. The monoisotopic (exact) mass is 435 g/mol. The van der Waals surface area contributed by atoms with Gasteiger partial charge < -0.3 is 25.5 Å². The summed E-state index contributed by atoms with van der Waals surface area (Å²) < 4.78 is 11.6. The Morgan fingerprint density at radius 3 is 2.72 bits per heavy atom. The maximum absolute atomic E-state index is 12.5. The number of anilines is 1. The van der Waals surface area contributed by atoms with Gasteiger partial charge in [-0.15, -0.1) is 0 Å². The SMILES string of the molecule is NC(=O)CCNC(=O)c1ccccc1NC(=O)COc1ccc2oc3c(c2c1)CCCC3.